The Morgan fingerprint density at radius 1 is 0.903 bits per heavy atom. The molecule has 0 bridgehead atoms. The van der Waals surface area contributed by atoms with E-state index in [0.717, 1.165) is 24.2 Å². The summed E-state index contributed by atoms with van der Waals surface area (Å²) in [6.45, 7) is 14.8. The number of fused-ring (bicyclic) bond motifs is 7. The zero-order valence-electron chi connectivity index (χ0n) is 20.8. The predicted molar refractivity (Wildman–Crippen MR) is 125 cm³/mol. The molecule has 5 rings (SSSR count). The topological polar surface area (TPSA) is 40.9 Å². The molecule has 5 aliphatic rings. The van der Waals surface area contributed by atoms with Crippen LogP contribution in [0.25, 0.3) is 0 Å². The Balaban J connectivity index is 1.52. The first kappa shape index (κ1) is 21.7. The Bertz CT molecular complexity index is 862. The minimum Gasteiger partial charge on any atom is -0.293 e. The maximum atomic E-state index is 12.8. The van der Waals surface area contributed by atoms with Crippen molar-refractivity contribution in [2.45, 2.75) is 99.3 Å². The summed E-state index contributed by atoms with van der Waals surface area (Å²) >= 11 is 0. The van der Waals surface area contributed by atoms with E-state index in [1.165, 1.54) is 51.4 Å². The molecule has 9 unspecified atom stereocenters. The van der Waals surface area contributed by atoms with Crippen molar-refractivity contribution in [1.82, 2.24) is 0 Å². The molecule has 0 amide bonds. The smallest absolute Gasteiger partial charge is 0.176 e. The van der Waals surface area contributed by atoms with E-state index in [-0.39, 0.29) is 17.1 Å². The van der Waals surface area contributed by atoms with Crippen LogP contribution in [-0.4, -0.2) is 5.78 Å². The molecule has 0 N–H and O–H groups in total. The van der Waals surface area contributed by atoms with Gasteiger partial charge in [0.05, 0.1) is 5.57 Å². The third-order valence-electron chi connectivity index (χ3n) is 11.9. The summed E-state index contributed by atoms with van der Waals surface area (Å²) in [5, 5.41) is 9.70. The molecule has 31 heavy (non-hydrogen) atoms. The molecular formula is C29H43NO. The first-order chi connectivity index (χ1) is 14.5. The van der Waals surface area contributed by atoms with Gasteiger partial charge in [-0.15, -0.1) is 0 Å². The van der Waals surface area contributed by atoms with E-state index in [0.29, 0.717) is 33.7 Å². The quantitative estimate of drug-likeness (QED) is 0.410. The average molecular weight is 422 g/mol. The van der Waals surface area contributed by atoms with Crippen molar-refractivity contribution in [1.29, 1.82) is 5.26 Å². The maximum Gasteiger partial charge on any atom is 0.176 e. The number of Topliss-reactive ketones (excluding diaryl/α,β-unsaturated/α-hetero) is 1. The fourth-order valence-electron chi connectivity index (χ4n) is 10.2. The number of nitrogens with zero attached hydrogens (tertiary/aromatic N) is 1. The van der Waals surface area contributed by atoms with E-state index in [1.807, 2.05) is 0 Å². The van der Waals surface area contributed by atoms with E-state index < -0.39 is 0 Å². The highest BCUT2D eigenvalue weighted by Crippen LogP contribution is 2.71. The summed E-state index contributed by atoms with van der Waals surface area (Å²) in [6.07, 6.45) is 14.3. The molecule has 0 aliphatic heterocycles. The summed E-state index contributed by atoms with van der Waals surface area (Å²) < 4.78 is 0. The molecular weight excluding hydrogens is 378 g/mol. The largest absolute Gasteiger partial charge is 0.293 e. The van der Waals surface area contributed by atoms with Crippen LogP contribution >= 0.6 is 0 Å². The number of carbonyl (C=O) groups is 1. The Hall–Kier alpha value is -1.10. The van der Waals surface area contributed by atoms with Gasteiger partial charge in [-0.25, -0.2) is 0 Å². The van der Waals surface area contributed by atoms with Crippen molar-refractivity contribution < 1.29 is 4.79 Å². The number of hydrogen-bond donors (Lipinski definition) is 0. The van der Waals surface area contributed by atoms with E-state index >= 15 is 0 Å². The third kappa shape index (κ3) is 2.90. The van der Waals surface area contributed by atoms with Gasteiger partial charge in [-0.1, -0.05) is 47.6 Å². The molecule has 4 fully saturated rings. The van der Waals surface area contributed by atoms with Crippen LogP contribution in [0.1, 0.15) is 99.3 Å². The van der Waals surface area contributed by atoms with Crippen LogP contribution in [0.5, 0.6) is 0 Å². The molecule has 2 nitrogen and oxygen atoms in total. The van der Waals surface area contributed by atoms with E-state index in [1.54, 1.807) is 0 Å². The van der Waals surface area contributed by atoms with Crippen molar-refractivity contribution >= 4 is 5.78 Å². The summed E-state index contributed by atoms with van der Waals surface area (Å²) in [5.74, 6) is 3.70. The van der Waals surface area contributed by atoms with Crippen molar-refractivity contribution in [3.63, 3.8) is 0 Å². The molecule has 0 radical (unpaired) electrons. The standard InChI is InChI=1S/C29H43NO/c1-18-21-10-12-28(5)22-9-11-27(4)14-13-26(2,3)16-23(27)20(22)7-8-24(28)29(21,6)15-19(17-30)25(18)31/h15,18,20-24H,7-14,16H2,1-6H3. The molecule has 0 aromatic rings. The first-order valence-electron chi connectivity index (χ1n) is 13.1. The normalized spacial score (nSPS) is 53.2. The van der Waals surface area contributed by atoms with Gasteiger partial charge in [0, 0.05) is 5.92 Å². The van der Waals surface area contributed by atoms with Gasteiger partial charge in [-0.3, -0.25) is 4.79 Å². The number of carbonyl (C=O) groups excluding carboxylic acids is 1. The van der Waals surface area contributed by atoms with Gasteiger partial charge in [0.1, 0.15) is 6.07 Å². The molecule has 2 heteroatoms. The molecule has 9 atom stereocenters. The number of rotatable bonds is 0. The van der Waals surface area contributed by atoms with Crippen LogP contribution in [0.2, 0.25) is 0 Å². The van der Waals surface area contributed by atoms with Crippen LogP contribution in [0.4, 0.5) is 0 Å². The van der Waals surface area contributed by atoms with Gasteiger partial charge in [0.25, 0.3) is 0 Å². The number of nitriles is 1. The summed E-state index contributed by atoms with van der Waals surface area (Å²) in [5.41, 5.74) is 1.86. The minimum atomic E-state index is 0.000662. The summed E-state index contributed by atoms with van der Waals surface area (Å²) in [6, 6.07) is 2.27. The lowest BCUT2D eigenvalue weighted by Gasteiger charge is -2.67. The van der Waals surface area contributed by atoms with Crippen molar-refractivity contribution in [3.8, 4) is 6.07 Å². The number of allylic oxidation sites excluding steroid dienone is 2. The van der Waals surface area contributed by atoms with E-state index in [9.17, 15) is 10.1 Å². The zero-order valence-corrected chi connectivity index (χ0v) is 20.8. The first-order valence-corrected chi connectivity index (χ1v) is 13.1. The number of ketones is 1. The monoisotopic (exact) mass is 421 g/mol. The predicted octanol–water partition coefficient (Wildman–Crippen LogP) is 7.35. The highest BCUT2D eigenvalue weighted by molar-refractivity contribution is 6.01. The van der Waals surface area contributed by atoms with Crippen LogP contribution in [0.15, 0.2) is 11.6 Å². The molecule has 4 saturated carbocycles. The molecule has 0 saturated heterocycles. The molecule has 0 spiro atoms. The Morgan fingerprint density at radius 3 is 2.32 bits per heavy atom. The molecule has 0 heterocycles. The Labute approximate surface area is 190 Å². The highest BCUT2D eigenvalue weighted by Gasteiger charge is 2.64. The average Bonchev–Trinajstić information content (AvgIpc) is 2.71. The number of hydrogen-bond acceptors (Lipinski definition) is 2. The van der Waals surface area contributed by atoms with Gasteiger partial charge in [0.15, 0.2) is 5.78 Å². The van der Waals surface area contributed by atoms with Crippen molar-refractivity contribution in [3.05, 3.63) is 11.6 Å². The maximum absolute atomic E-state index is 12.8. The second-order valence-corrected chi connectivity index (χ2v) is 13.9. The molecule has 170 valence electrons. The lowest BCUT2D eigenvalue weighted by molar-refractivity contribution is -0.177. The van der Waals surface area contributed by atoms with E-state index in [2.05, 4.69) is 53.7 Å². The minimum absolute atomic E-state index is 0.000662. The zero-order chi connectivity index (χ0) is 22.4. The lowest BCUT2D eigenvalue weighted by Crippen LogP contribution is -2.61. The highest BCUT2D eigenvalue weighted by atomic mass is 16.1. The SMILES string of the molecule is CC1C(=O)C(C#N)=CC2(C)C1CCC1(C)C3CCC4(C)CCC(C)(C)CC4C3CCC21. The molecule has 0 aromatic heterocycles. The van der Waals surface area contributed by atoms with Gasteiger partial charge in [-0.2, -0.15) is 5.26 Å². The van der Waals surface area contributed by atoms with Gasteiger partial charge < -0.3 is 0 Å². The lowest BCUT2D eigenvalue weighted by atomic mass is 9.37. The van der Waals surface area contributed by atoms with Crippen LogP contribution < -0.4 is 0 Å². The summed E-state index contributed by atoms with van der Waals surface area (Å²) in [7, 11) is 0. The van der Waals surface area contributed by atoms with Gasteiger partial charge >= 0.3 is 0 Å². The van der Waals surface area contributed by atoms with Gasteiger partial charge in [-0.05, 0) is 109 Å². The second kappa shape index (κ2) is 6.71. The molecule has 5 aliphatic carbocycles. The molecule has 0 aromatic carbocycles. The van der Waals surface area contributed by atoms with Gasteiger partial charge in [0.2, 0.25) is 0 Å². The second-order valence-electron chi connectivity index (χ2n) is 13.9. The fourth-order valence-corrected chi connectivity index (χ4v) is 10.2. The van der Waals surface area contributed by atoms with E-state index in [4.69, 9.17) is 0 Å². The van der Waals surface area contributed by atoms with Crippen molar-refractivity contribution in [2.75, 3.05) is 0 Å². The Kier molecular flexibility index (Phi) is 4.70. The van der Waals surface area contributed by atoms with Crippen molar-refractivity contribution in [2.24, 2.45) is 57.2 Å². The third-order valence-corrected chi connectivity index (χ3v) is 11.9. The van der Waals surface area contributed by atoms with Crippen LogP contribution in [0.3, 0.4) is 0 Å². The fraction of sp³-hybridized carbons (Fsp3) is 0.862. The van der Waals surface area contributed by atoms with Crippen LogP contribution in [0, 0.1) is 68.5 Å². The Morgan fingerprint density at radius 2 is 1.61 bits per heavy atom. The van der Waals surface area contributed by atoms with Crippen LogP contribution in [-0.2, 0) is 4.79 Å². The summed E-state index contributed by atoms with van der Waals surface area (Å²) in [4.78, 5) is 12.8.